The lowest BCUT2D eigenvalue weighted by Gasteiger charge is -2.30. The lowest BCUT2D eigenvalue weighted by molar-refractivity contribution is 0.134. The van der Waals surface area contributed by atoms with Gasteiger partial charge in [-0.1, -0.05) is 12.1 Å². The Balaban J connectivity index is 1.59. The maximum absolute atomic E-state index is 5.46. The minimum absolute atomic E-state index is 0.470. The summed E-state index contributed by atoms with van der Waals surface area (Å²) in [6, 6.07) is 6.82. The van der Waals surface area contributed by atoms with E-state index in [1.54, 1.807) is 0 Å². The second-order valence-electron chi connectivity index (χ2n) is 5.76. The van der Waals surface area contributed by atoms with E-state index >= 15 is 0 Å². The minimum atomic E-state index is 0.470. The molecule has 1 saturated heterocycles. The number of nitrogens with one attached hydrogen (secondary N) is 2. The Morgan fingerprint density at radius 3 is 3.10 bits per heavy atom. The predicted molar refractivity (Wildman–Crippen MR) is 80.0 cm³/mol. The average molecular weight is 285 g/mol. The zero-order chi connectivity index (χ0) is 14.2. The third-order valence-corrected chi connectivity index (χ3v) is 4.12. The van der Waals surface area contributed by atoms with E-state index in [0.717, 1.165) is 43.6 Å². The lowest BCUT2D eigenvalue weighted by atomic mass is 10.1. The summed E-state index contributed by atoms with van der Waals surface area (Å²) in [5.74, 6) is 1.61. The number of ether oxygens (including phenoxy) is 1. The number of rotatable bonds is 2. The first-order valence-electron chi connectivity index (χ1n) is 7.40. The Hall–Kier alpha value is -1.92. The number of hydrogen-bond acceptors (Lipinski definition) is 5. The molecule has 1 atom stereocenters. The van der Waals surface area contributed by atoms with Gasteiger partial charge in [0.15, 0.2) is 5.82 Å². The number of nitrogens with zero attached hydrogens (tertiary/aromatic N) is 3. The Morgan fingerprint density at radius 1 is 1.29 bits per heavy atom. The first-order valence-corrected chi connectivity index (χ1v) is 7.40. The number of anilines is 1. The fraction of sp³-hybridized carbons (Fsp3) is 0.467. The van der Waals surface area contributed by atoms with Crippen molar-refractivity contribution in [3.05, 3.63) is 29.3 Å². The summed E-state index contributed by atoms with van der Waals surface area (Å²) in [4.78, 5) is 6.87. The van der Waals surface area contributed by atoms with E-state index < -0.39 is 0 Å². The van der Waals surface area contributed by atoms with Crippen molar-refractivity contribution < 1.29 is 4.74 Å². The number of H-pyrrole nitrogens is 1. The molecule has 0 aliphatic carbocycles. The molecule has 1 aromatic carbocycles. The summed E-state index contributed by atoms with van der Waals surface area (Å²) in [5, 5.41) is 10.9. The van der Waals surface area contributed by atoms with Gasteiger partial charge in [-0.3, -0.25) is 5.10 Å². The van der Waals surface area contributed by atoms with Crippen LogP contribution in [0.2, 0.25) is 0 Å². The molecule has 0 saturated carbocycles. The molecule has 6 heteroatoms. The van der Waals surface area contributed by atoms with E-state index in [2.05, 4.69) is 50.5 Å². The highest BCUT2D eigenvalue weighted by atomic mass is 16.5. The summed E-state index contributed by atoms with van der Waals surface area (Å²) >= 11 is 0. The van der Waals surface area contributed by atoms with Gasteiger partial charge in [0.05, 0.1) is 13.2 Å². The van der Waals surface area contributed by atoms with Gasteiger partial charge < -0.3 is 15.0 Å². The van der Waals surface area contributed by atoms with E-state index in [0.29, 0.717) is 12.6 Å². The molecule has 0 amide bonds. The van der Waals surface area contributed by atoms with Gasteiger partial charge in [0.2, 0.25) is 5.95 Å². The van der Waals surface area contributed by atoms with Crippen LogP contribution in [-0.2, 0) is 18.0 Å². The fourth-order valence-electron chi connectivity index (χ4n) is 2.96. The Morgan fingerprint density at radius 2 is 2.19 bits per heavy atom. The normalized spacial score (nSPS) is 21.6. The largest absolute Gasteiger partial charge is 0.372 e. The molecule has 4 rings (SSSR count). The molecule has 2 N–H and O–H groups in total. The smallest absolute Gasteiger partial charge is 0.245 e. The number of fused-ring (bicyclic) bond motifs is 1. The monoisotopic (exact) mass is 285 g/mol. The van der Waals surface area contributed by atoms with Crippen molar-refractivity contribution in [2.45, 2.75) is 26.2 Å². The SMILES string of the molecule is C[C@@H]1CN(c2n[nH]c(-c3ccc4c(c3)COC4)n2)CCN1. The van der Waals surface area contributed by atoms with Gasteiger partial charge in [0.25, 0.3) is 0 Å². The van der Waals surface area contributed by atoms with Crippen molar-refractivity contribution >= 4 is 5.95 Å². The average Bonchev–Trinajstić information content (AvgIpc) is 3.15. The Kier molecular flexibility index (Phi) is 3.12. The van der Waals surface area contributed by atoms with Crippen molar-refractivity contribution in [1.82, 2.24) is 20.5 Å². The molecule has 3 heterocycles. The topological polar surface area (TPSA) is 66.1 Å². The van der Waals surface area contributed by atoms with Crippen LogP contribution in [0.3, 0.4) is 0 Å². The summed E-state index contributed by atoms with van der Waals surface area (Å²) in [7, 11) is 0. The van der Waals surface area contributed by atoms with Crippen LogP contribution in [0.25, 0.3) is 11.4 Å². The second-order valence-corrected chi connectivity index (χ2v) is 5.76. The zero-order valence-corrected chi connectivity index (χ0v) is 12.1. The van der Waals surface area contributed by atoms with E-state index in [4.69, 9.17) is 4.74 Å². The van der Waals surface area contributed by atoms with Crippen molar-refractivity contribution in [2.75, 3.05) is 24.5 Å². The molecule has 2 aromatic rings. The first kappa shape index (κ1) is 12.8. The predicted octanol–water partition coefficient (Wildman–Crippen LogP) is 1.30. The molecule has 0 unspecified atom stereocenters. The van der Waals surface area contributed by atoms with Crippen molar-refractivity contribution in [1.29, 1.82) is 0 Å². The van der Waals surface area contributed by atoms with Crippen LogP contribution >= 0.6 is 0 Å². The van der Waals surface area contributed by atoms with Crippen LogP contribution < -0.4 is 10.2 Å². The first-order chi connectivity index (χ1) is 10.3. The van der Waals surface area contributed by atoms with E-state index in [9.17, 15) is 0 Å². The van der Waals surface area contributed by atoms with E-state index in [1.807, 2.05) is 0 Å². The Bertz CT molecular complexity index is 653. The third-order valence-electron chi connectivity index (χ3n) is 4.12. The molecular weight excluding hydrogens is 266 g/mol. The quantitative estimate of drug-likeness (QED) is 0.870. The van der Waals surface area contributed by atoms with Gasteiger partial charge in [-0.2, -0.15) is 4.98 Å². The van der Waals surface area contributed by atoms with E-state index in [-0.39, 0.29) is 0 Å². The summed E-state index contributed by atoms with van der Waals surface area (Å²) in [6.45, 7) is 6.45. The zero-order valence-electron chi connectivity index (χ0n) is 12.1. The van der Waals surface area contributed by atoms with Crippen LogP contribution in [0, 0.1) is 0 Å². The van der Waals surface area contributed by atoms with Crippen LogP contribution in [0.1, 0.15) is 18.1 Å². The highest BCUT2D eigenvalue weighted by Crippen LogP contribution is 2.26. The van der Waals surface area contributed by atoms with Crippen molar-refractivity contribution in [2.24, 2.45) is 0 Å². The molecule has 0 spiro atoms. The van der Waals surface area contributed by atoms with Gasteiger partial charge in [-0.05, 0) is 24.1 Å². The molecule has 1 fully saturated rings. The molecule has 0 bridgehead atoms. The third kappa shape index (κ3) is 2.41. The number of aromatic nitrogens is 3. The molecule has 2 aliphatic rings. The molecular formula is C15H19N5O. The van der Waals surface area contributed by atoms with Crippen LogP contribution in [0.4, 0.5) is 5.95 Å². The fourth-order valence-corrected chi connectivity index (χ4v) is 2.96. The van der Waals surface area contributed by atoms with Gasteiger partial charge in [-0.15, -0.1) is 5.10 Å². The molecule has 1 aromatic heterocycles. The minimum Gasteiger partial charge on any atom is -0.372 e. The van der Waals surface area contributed by atoms with Crippen LogP contribution in [0.5, 0.6) is 0 Å². The van der Waals surface area contributed by atoms with Gasteiger partial charge in [-0.25, -0.2) is 0 Å². The highest BCUT2D eigenvalue weighted by Gasteiger charge is 2.20. The van der Waals surface area contributed by atoms with Gasteiger partial charge >= 0.3 is 0 Å². The van der Waals surface area contributed by atoms with Gasteiger partial charge in [0.1, 0.15) is 0 Å². The van der Waals surface area contributed by atoms with Gasteiger partial charge in [0, 0.05) is 31.2 Å². The maximum Gasteiger partial charge on any atom is 0.245 e. The Labute approximate surface area is 123 Å². The number of benzene rings is 1. The summed E-state index contributed by atoms with van der Waals surface area (Å²) in [5.41, 5.74) is 3.59. The highest BCUT2D eigenvalue weighted by molar-refractivity contribution is 5.59. The standard InChI is InChI=1S/C15H19N5O/c1-10-7-20(5-4-16-10)15-17-14(18-19-15)11-2-3-12-8-21-9-13(12)6-11/h2-3,6,10,16H,4-5,7-9H2,1H3,(H,17,18,19)/t10-/m1/s1. The van der Waals surface area contributed by atoms with Crippen LogP contribution in [-0.4, -0.2) is 40.9 Å². The summed E-state index contributed by atoms with van der Waals surface area (Å²) < 4.78 is 5.46. The van der Waals surface area contributed by atoms with Crippen molar-refractivity contribution in [3.63, 3.8) is 0 Å². The molecule has 110 valence electrons. The number of piperazine rings is 1. The second kappa shape index (κ2) is 5.13. The lowest BCUT2D eigenvalue weighted by Crippen LogP contribution is -2.49. The molecule has 21 heavy (non-hydrogen) atoms. The van der Waals surface area contributed by atoms with Crippen LogP contribution in [0.15, 0.2) is 18.2 Å². The van der Waals surface area contributed by atoms with Crippen molar-refractivity contribution in [3.8, 4) is 11.4 Å². The van der Waals surface area contributed by atoms with E-state index in [1.165, 1.54) is 11.1 Å². The summed E-state index contributed by atoms with van der Waals surface area (Å²) in [6.07, 6.45) is 0. The maximum atomic E-state index is 5.46. The number of hydrogen-bond donors (Lipinski definition) is 2. The molecule has 6 nitrogen and oxygen atoms in total. The molecule has 2 aliphatic heterocycles. The molecule has 0 radical (unpaired) electrons. The number of aromatic amines is 1.